The third-order valence-electron chi connectivity index (χ3n) is 4.60. The molecule has 2 bridgehead atoms. The van der Waals surface area contributed by atoms with Crippen molar-refractivity contribution >= 4 is 5.91 Å². The van der Waals surface area contributed by atoms with Crippen LogP contribution in [-0.2, 0) is 4.79 Å². The van der Waals surface area contributed by atoms with E-state index in [2.05, 4.69) is 37.1 Å². The van der Waals surface area contributed by atoms with Gasteiger partial charge in [0, 0.05) is 24.3 Å². The molecule has 2 fully saturated rings. The van der Waals surface area contributed by atoms with Gasteiger partial charge in [-0.2, -0.15) is 5.26 Å². The van der Waals surface area contributed by atoms with Gasteiger partial charge >= 0.3 is 0 Å². The van der Waals surface area contributed by atoms with Gasteiger partial charge in [0.15, 0.2) is 0 Å². The number of hydrogen-bond donors (Lipinski definition) is 1. The summed E-state index contributed by atoms with van der Waals surface area (Å²) in [5, 5.41) is 12.2. The van der Waals surface area contributed by atoms with E-state index < -0.39 is 0 Å². The van der Waals surface area contributed by atoms with Crippen molar-refractivity contribution in [1.29, 1.82) is 5.26 Å². The first-order chi connectivity index (χ1) is 9.93. The zero-order valence-corrected chi connectivity index (χ0v) is 14.8. The standard InChI is InChI=1S/C18H29N3O/c1-16(2,3)20-15(22)13(9-19)10-21-12-18(6)8-14(21)7-17(4,5)11-18/h10,14H,7-8,11-12H2,1-6H3,(H,20,22)/b13-10-. The highest BCUT2D eigenvalue weighted by molar-refractivity contribution is 5.97. The molecule has 1 N–H and O–H groups in total. The van der Waals surface area contributed by atoms with Crippen molar-refractivity contribution in [3.05, 3.63) is 11.8 Å². The molecule has 122 valence electrons. The molecule has 1 saturated carbocycles. The maximum absolute atomic E-state index is 12.2. The molecule has 2 unspecified atom stereocenters. The van der Waals surface area contributed by atoms with E-state index in [0.29, 0.717) is 16.9 Å². The highest BCUT2D eigenvalue weighted by Gasteiger charge is 2.48. The van der Waals surface area contributed by atoms with Gasteiger partial charge in [-0.3, -0.25) is 4.79 Å². The molecule has 22 heavy (non-hydrogen) atoms. The van der Waals surface area contributed by atoms with Crippen LogP contribution >= 0.6 is 0 Å². The lowest BCUT2D eigenvalue weighted by Crippen LogP contribution is -2.41. The van der Waals surface area contributed by atoms with Crippen LogP contribution in [0.5, 0.6) is 0 Å². The van der Waals surface area contributed by atoms with Gasteiger partial charge in [0.2, 0.25) is 0 Å². The number of rotatable bonds is 2. The predicted molar refractivity (Wildman–Crippen MR) is 87.8 cm³/mol. The van der Waals surface area contributed by atoms with E-state index in [9.17, 15) is 10.1 Å². The smallest absolute Gasteiger partial charge is 0.263 e. The fourth-order valence-electron chi connectivity index (χ4n) is 4.37. The molecule has 0 radical (unpaired) electrons. The molecule has 1 amide bonds. The number of nitrogens with one attached hydrogen (secondary N) is 1. The molecule has 0 aromatic heterocycles. The molecule has 0 spiro atoms. The Balaban J connectivity index is 2.18. The van der Waals surface area contributed by atoms with Crippen LogP contribution in [0.1, 0.15) is 60.8 Å². The molecule has 1 aliphatic carbocycles. The number of nitriles is 1. The largest absolute Gasteiger partial charge is 0.373 e. The van der Waals surface area contributed by atoms with Crippen LogP contribution in [0, 0.1) is 22.2 Å². The molecule has 2 rings (SSSR count). The van der Waals surface area contributed by atoms with Crippen molar-refractivity contribution in [3.8, 4) is 6.07 Å². The van der Waals surface area contributed by atoms with E-state index in [-0.39, 0.29) is 17.0 Å². The van der Waals surface area contributed by atoms with Crippen LogP contribution in [0.25, 0.3) is 0 Å². The second-order valence-electron chi connectivity index (χ2n) is 9.24. The minimum atomic E-state index is -0.331. The average Bonchev–Trinajstić information content (AvgIpc) is 2.52. The molecule has 1 saturated heterocycles. The molecule has 0 aromatic carbocycles. The minimum Gasteiger partial charge on any atom is -0.373 e. The Morgan fingerprint density at radius 3 is 2.50 bits per heavy atom. The van der Waals surface area contributed by atoms with Crippen LogP contribution in [0.3, 0.4) is 0 Å². The highest BCUT2D eigenvalue weighted by atomic mass is 16.1. The maximum atomic E-state index is 12.2. The molecule has 0 aromatic rings. The molecule has 4 heteroatoms. The number of fused-ring (bicyclic) bond motifs is 2. The Morgan fingerprint density at radius 2 is 1.95 bits per heavy atom. The molecule has 1 heterocycles. The summed E-state index contributed by atoms with van der Waals surface area (Å²) in [6.45, 7) is 13.7. The van der Waals surface area contributed by atoms with Crippen molar-refractivity contribution in [2.45, 2.75) is 72.4 Å². The highest BCUT2D eigenvalue weighted by Crippen LogP contribution is 2.52. The summed E-state index contributed by atoms with van der Waals surface area (Å²) < 4.78 is 0. The van der Waals surface area contributed by atoms with Crippen LogP contribution in [-0.4, -0.2) is 28.9 Å². The van der Waals surface area contributed by atoms with Crippen LogP contribution in [0.15, 0.2) is 11.8 Å². The molecular weight excluding hydrogens is 274 g/mol. The van der Waals surface area contributed by atoms with Gasteiger partial charge in [-0.25, -0.2) is 0 Å². The Hall–Kier alpha value is -1.50. The van der Waals surface area contributed by atoms with Gasteiger partial charge in [-0.15, -0.1) is 0 Å². The third kappa shape index (κ3) is 3.82. The third-order valence-corrected chi connectivity index (χ3v) is 4.60. The second-order valence-corrected chi connectivity index (χ2v) is 9.24. The van der Waals surface area contributed by atoms with Crippen molar-refractivity contribution in [1.82, 2.24) is 10.2 Å². The molecule has 2 aliphatic rings. The lowest BCUT2D eigenvalue weighted by molar-refractivity contribution is -0.118. The summed E-state index contributed by atoms with van der Waals surface area (Å²) in [5.74, 6) is -0.277. The SMILES string of the molecule is CC1(C)CC2CC(C)(CN2/C=C(/C#N)C(=O)NC(C)(C)C)C1. The Kier molecular flexibility index (Phi) is 4.06. The molecule has 4 nitrogen and oxygen atoms in total. The monoisotopic (exact) mass is 303 g/mol. The summed E-state index contributed by atoms with van der Waals surface area (Å²) in [7, 11) is 0. The topological polar surface area (TPSA) is 56.1 Å². The van der Waals surface area contributed by atoms with E-state index in [0.717, 1.165) is 19.4 Å². The van der Waals surface area contributed by atoms with Gasteiger partial charge < -0.3 is 10.2 Å². The second kappa shape index (κ2) is 5.30. The van der Waals surface area contributed by atoms with E-state index >= 15 is 0 Å². The quantitative estimate of drug-likeness (QED) is 0.629. The van der Waals surface area contributed by atoms with E-state index in [1.54, 1.807) is 6.20 Å². The van der Waals surface area contributed by atoms with Crippen LogP contribution in [0.2, 0.25) is 0 Å². The Labute approximate surface area is 134 Å². The van der Waals surface area contributed by atoms with Gasteiger partial charge in [0.05, 0.1) is 0 Å². The normalized spacial score (nSPS) is 30.9. The summed E-state index contributed by atoms with van der Waals surface area (Å²) in [6.07, 6.45) is 5.28. The average molecular weight is 303 g/mol. The number of nitrogens with zero attached hydrogens (tertiary/aromatic N) is 2. The number of carbonyl (C=O) groups excluding carboxylic acids is 1. The van der Waals surface area contributed by atoms with Crippen LogP contribution < -0.4 is 5.32 Å². The van der Waals surface area contributed by atoms with Crippen molar-refractivity contribution in [3.63, 3.8) is 0 Å². The Morgan fingerprint density at radius 1 is 1.32 bits per heavy atom. The van der Waals surface area contributed by atoms with E-state index in [4.69, 9.17) is 0 Å². The molecular formula is C18H29N3O. The maximum Gasteiger partial charge on any atom is 0.263 e. The first kappa shape index (κ1) is 16.9. The fourth-order valence-corrected chi connectivity index (χ4v) is 4.37. The van der Waals surface area contributed by atoms with Crippen LogP contribution in [0.4, 0.5) is 0 Å². The van der Waals surface area contributed by atoms with Gasteiger partial charge in [0.1, 0.15) is 11.6 Å². The van der Waals surface area contributed by atoms with Crippen molar-refractivity contribution < 1.29 is 4.79 Å². The summed E-state index contributed by atoms with van der Waals surface area (Å²) in [5.41, 5.74) is 0.510. The fraction of sp³-hybridized carbons (Fsp3) is 0.778. The van der Waals surface area contributed by atoms with Crippen molar-refractivity contribution in [2.75, 3.05) is 6.54 Å². The lowest BCUT2D eigenvalue weighted by Gasteiger charge is -2.39. The number of likely N-dealkylation sites (tertiary alicyclic amines) is 1. The zero-order valence-electron chi connectivity index (χ0n) is 14.8. The lowest BCUT2D eigenvalue weighted by atomic mass is 9.65. The number of amides is 1. The predicted octanol–water partition coefficient (Wildman–Crippen LogP) is 3.21. The first-order valence-electron chi connectivity index (χ1n) is 8.13. The number of carbonyl (C=O) groups is 1. The zero-order chi connectivity index (χ0) is 16.8. The summed E-state index contributed by atoms with van der Waals surface area (Å²) in [6, 6.07) is 2.52. The summed E-state index contributed by atoms with van der Waals surface area (Å²) >= 11 is 0. The van der Waals surface area contributed by atoms with Gasteiger partial charge in [0.25, 0.3) is 5.91 Å². The van der Waals surface area contributed by atoms with Gasteiger partial charge in [-0.1, -0.05) is 20.8 Å². The molecule has 1 aliphatic heterocycles. The van der Waals surface area contributed by atoms with E-state index in [1.807, 2.05) is 20.8 Å². The Bertz CT molecular complexity index is 536. The first-order valence-corrected chi connectivity index (χ1v) is 8.13. The van der Waals surface area contributed by atoms with Crippen molar-refractivity contribution in [2.24, 2.45) is 10.8 Å². The van der Waals surface area contributed by atoms with Gasteiger partial charge in [-0.05, 0) is 50.9 Å². The summed E-state index contributed by atoms with van der Waals surface area (Å²) in [4.78, 5) is 14.5. The molecule has 2 atom stereocenters. The number of hydrogen-bond acceptors (Lipinski definition) is 3. The minimum absolute atomic E-state index is 0.212. The van der Waals surface area contributed by atoms with E-state index in [1.165, 1.54) is 6.42 Å².